The molecule has 0 radical (unpaired) electrons. The molecule has 0 fully saturated rings. The molecule has 1 heterocycles. The average molecular weight is 535 g/mol. The number of ether oxygens (including phenoxy) is 2. The highest BCUT2D eigenvalue weighted by molar-refractivity contribution is 5.83. The smallest absolute Gasteiger partial charge is 0.308 e. The molecule has 3 heteroatoms. The SMILES string of the molecule is CCCCCCCCCCCCCCCC[C@]1(C)CCc2c(c(C)c(C)c(OC(C)=O)c2-c2ccccc2)O1. The Balaban J connectivity index is 1.48. The largest absolute Gasteiger partial charge is 0.487 e. The van der Waals surface area contributed by atoms with Gasteiger partial charge in [0.1, 0.15) is 17.1 Å². The lowest BCUT2D eigenvalue weighted by atomic mass is 9.82. The summed E-state index contributed by atoms with van der Waals surface area (Å²) in [7, 11) is 0. The van der Waals surface area contributed by atoms with Gasteiger partial charge < -0.3 is 9.47 Å². The van der Waals surface area contributed by atoms with Crippen LogP contribution < -0.4 is 9.47 Å². The Bertz CT molecular complexity index is 1030. The fraction of sp³-hybridized carbons (Fsp3) is 0.639. The third kappa shape index (κ3) is 9.40. The number of unbranched alkanes of at least 4 members (excludes halogenated alkanes) is 13. The maximum Gasteiger partial charge on any atom is 0.308 e. The third-order valence-electron chi connectivity index (χ3n) is 8.67. The fourth-order valence-electron chi connectivity index (χ4n) is 6.12. The molecule has 1 aliphatic heterocycles. The summed E-state index contributed by atoms with van der Waals surface area (Å²) in [5.41, 5.74) is 5.21. The van der Waals surface area contributed by atoms with Gasteiger partial charge in [-0.1, -0.05) is 121 Å². The number of benzene rings is 2. The summed E-state index contributed by atoms with van der Waals surface area (Å²) in [6.45, 7) is 10.2. The summed E-state index contributed by atoms with van der Waals surface area (Å²) in [5, 5.41) is 0. The molecule has 3 rings (SSSR count). The molecule has 39 heavy (non-hydrogen) atoms. The molecule has 0 N–H and O–H groups in total. The van der Waals surface area contributed by atoms with Crippen LogP contribution in [0, 0.1) is 13.8 Å². The van der Waals surface area contributed by atoms with Crippen molar-refractivity contribution in [1.82, 2.24) is 0 Å². The van der Waals surface area contributed by atoms with Gasteiger partial charge in [-0.25, -0.2) is 0 Å². The van der Waals surface area contributed by atoms with Crippen molar-refractivity contribution in [3.63, 3.8) is 0 Å². The molecular weight excluding hydrogens is 480 g/mol. The Morgan fingerprint density at radius 3 is 1.90 bits per heavy atom. The van der Waals surface area contributed by atoms with Gasteiger partial charge in [-0.3, -0.25) is 4.79 Å². The number of carbonyl (C=O) groups is 1. The van der Waals surface area contributed by atoms with E-state index in [0.717, 1.165) is 47.3 Å². The van der Waals surface area contributed by atoms with Crippen LogP contribution in [-0.4, -0.2) is 11.6 Å². The van der Waals surface area contributed by atoms with Gasteiger partial charge in [0.2, 0.25) is 0 Å². The van der Waals surface area contributed by atoms with E-state index in [2.05, 4.69) is 32.9 Å². The normalized spacial score (nSPS) is 16.5. The second-order valence-electron chi connectivity index (χ2n) is 12.1. The number of hydrogen-bond donors (Lipinski definition) is 0. The summed E-state index contributed by atoms with van der Waals surface area (Å²) >= 11 is 0. The Morgan fingerprint density at radius 2 is 1.36 bits per heavy atom. The van der Waals surface area contributed by atoms with Gasteiger partial charge >= 0.3 is 5.97 Å². The van der Waals surface area contributed by atoms with Gasteiger partial charge in [-0.15, -0.1) is 0 Å². The topological polar surface area (TPSA) is 35.5 Å². The Kier molecular flexibility index (Phi) is 12.9. The number of rotatable bonds is 17. The maximum absolute atomic E-state index is 12.0. The minimum absolute atomic E-state index is 0.141. The number of carbonyl (C=O) groups excluding carboxylic acids is 1. The van der Waals surface area contributed by atoms with E-state index >= 15 is 0 Å². The van der Waals surface area contributed by atoms with Crippen molar-refractivity contribution in [2.75, 3.05) is 0 Å². The van der Waals surface area contributed by atoms with Crippen LogP contribution in [0.1, 0.15) is 140 Å². The van der Waals surface area contributed by atoms with E-state index < -0.39 is 0 Å². The second-order valence-corrected chi connectivity index (χ2v) is 12.1. The minimum Gasteiger partial charge on any atom is -0.487 e. The molecular formula is C36H54O3. The van der Waals surface area contributed by atoms with Crippen LogP contribution >= 0.6 is 0 Å². The lowest BCUT2D eigenvalue weighted by Crippen LogP contribution is -2.37. The molecule has 0 saturated carbocycles. The van der Waals surface area contributed by atoms with Gasteiger partial charge in [-0.2, -0.15) is 0 Å². The van der Waals surface area contributed by atoms with Crippen molar-refractivity contribution in [1.29, 1.82) is 0 Å². The lowest BCUT2D eigenvalue weighted by Gasteiger charge is -2.38. The Hall–Kier alpha value is -2.29. The van der Waals surface area contributed by atoms with Crippen molar-refractivity contribution in [3.05, 3.63) is 47.0 Å². The maximum atomic E-state index is 12.0. The van der Waals surface area contributed by atoms with Crippen molar-refractivity contribution in [2.24, 2.45) is 0 Å². The quantitative estimate of drug-likeness (QED) is 0.115. The number of fused-ring (bicyclic) bond motifs is 1. The number of hydrogen-bond acceptors (Lipinski definition) is 3. The van der Waals surface area contributed by atoms with Crippen LogP contribution in [-0.2, 0) is 11.2 Å². The van der Waals surface area contributed by atoms with Crippen LogP contribution in [0.5, 0.6) is 11.5 Å². The zero-order valence-corrected chi connectivity index (χ0v) is 25.6. The van der Waals surface area contributed by atoms with Crippen LogP contribution in [0.3, 0.4) is 0 Å². The first-order valence-electron chi connectivity index (χ1n) is 15.9. The predicted octanol–water partition coefficient (Wildman–Crippen LogP) is 10.9. The molecule has 0 aliphatic carbocycles. The van der Waals surface area contributed by atoms with E-state index in [1.54, 1.807) is 0 Å². The van der Waals surface area contributed by atoms with E-state index in [9.17, 15) is 4.79 Å². The van der Waals surface area contributed by atoms with Gasteiger partial charge in [0.25, 0.3) is 0 Å². The van der Waals surface area contributed by atoms with E-state index in [1.165, 1.54) is 102 Å². The molecule has 1 aliphatic rings. The zero-order valence-electron chi connectivity index (χ0n) is 25.6. The molecule has 1 atom stereocenters. The first kappa shape index (κ1) is 31.2. The van der Waals surface area contributed by atoms with Gasteiger partial charge in [0, 0.05) is 18.1 Å². The average Bonchev–Trinajstić information content (AvgIpc) is 2.92. The second kappa shape index (κ2) is 16.1. The van der Waals surface area contributed by atoms with Crippen molar-refractivity contribution in [3.8, 4) is 22.6 Å². The van der Waals surface area contributed by atoms with Gasteiger partial charge in [-0.05, 0) is 63.1 Å². The van der Waals surface area contributed by atoms with Gasteiger partial charge in [0.05, 0.1) is 0 Å². The van der Waals surface area contributed by atoms with Crippen LogP contribution in [0.4, 0.5) is 0 Å². The monoisotopic (exact) mass is 534 g/mol. The van der Waals surface area contributed by atoms with E-state index in [4.69, 9.17) is 9.47 Å². The fourth-order valence-corrected chi connectivity index (χ4v) is 6.12. The molecule has 0 spiro atoms. The zero-order chi connectivity index (χ0) is 28.1. The molecule has 0 saturated heterocycles. The van der Waals surface area contributed by atoms with Crippen LogP contribution in [0.2, 0.25) is 0 Å². The molecule has 2 aromatic carbocycles. The molecule has 2 aromatic rings. The molecule has 0 bridgehead atoms. The molecule has 0 aromatic heterocycles. The Morgan fingerprint density at radius 1 is 0.821 bits per heavy atom. The molecule has 0 unspecified atom stereocenters. The molecule has 0 amide bonds. The highest BCUT2D eigenvalue weighted by Gasteiger charge is 2.35. The standard InChI is InChI=1S/C36H54O3/c1-6-7-8-9-10-11-12-13-14-15-16-17-18-22-26-36(5)27-25-32-33(31-23-20-19-21-24-31)35(38-30(4)37)29(3)28(2)34(32)39-36/h19-21,23-24H,6-18,22,25-27H2,1-5H3/t36-/m1/s1. The van der Waals surface area contributed by atoms with E-state index in [-0.39, 0.29) is 11.6 Å². The van der Waals surface area contributed by atoms with Crippen LogP contribution in [0.25, 0.3) is 11.1 Å². The van der Waals surface area contributed by atoms with Crippen molar-refractivity contribution in [2.45, 2.75) is 149 Å². The summed E-state index contributed by atoms with van der Waals surface area (Å²) in [6, 6.07) is 10.3. The third-order valence-corrected chi connectivity index (χ3v) is 8.67. The predicted molar refractivity (Wildman–Crippen MR) is 165 cm³/mol. The molecule has 216 valence electrons. The molecule has 3 nitrogen and oxygen atoms in total. The van der Waals surface area contributed by atoms with Crippen LogP contribution in [0.15, 0.2) is 30.3 Å². The summed E-state index contributed by atoms with van der Waals surface area (Å²) in [5.74, 6) is 1.40. The highest BCUT2D eigenvalue weighted by Crippen LogP contribution is 2.49. The van der Waals surface area contributed by atoms with E-state index in [1.807, 2.05) is 25.1 Å². The Labute approximate surface area is 239 Å². The summed E-state index contributed by atoms with van der Waals surface area (Å²) < 4.78 is 12.6. The van der Waals surface area contributed by atoms with Crippen molar-refractivity contribution >= 4 is 5.97 Å². The van der Waals surface area contributed by atoms with E-state index in [0.29, 0.717) is 5.75 Å². The lowest BCUT2D eigenvalue weighted by molar-refractivity contribution is -0.131. The first-order chi connectivity index (χ1) is 18.9. The van der Waals surface area contributed by atoms with Gasteiger partial charge in [0.15, 0.2) is 0 Å². The summed E-state index contributed by atoms with van der Waals surface area (Å²) in [4.78, 5) is 12.0. The first-order valence-corrected chi connectivity index (χ1v) is 15.9. The number of esters is 1. The minimum atomic E-state index is -0.283. The van der Waals surface area contributed by atoms with Crippen molar-refractivity contribution < 1.29 is 14.3 Å². The highest BCUT2D eigenvalue weighted by atomic mass is 16.5. The summed E-state index contributed by atoms with van der Waals surface area (Å²) in [6.07, 6.45) is 22.4.